The first-order valence-electron chi connectivity index (χ1n) is 8.43. The number of piperazine rings is 1. The minimum absolute atomic E-state index is 0.514. The molecule has 1 aliphatic heterocycles. The standard InChI is InChI=1S/C20H23N3/c1-2-6-16(7-3-1)14-23-11-10-21-19(15-23)13-18-12-17-8-4-5-9-20(17)22-18/h1-9,12,19,21-22H,10-11,13-15H2. The van der Waals surface area contributed by atoms with Gasteiger partial charge in [0.2, 0.25) is 0 Å². The highest BCUT2D eigenvalue weighted by Crippen LogP contribution is 2.17. The van der Waals surface area contributed by atoms with Crippen LogP contribution in [-0.2, 0) is 13.0 Å². The Morgan fingerprint density at radius 2 is 1.83 bits per heavy atom. The van der Waals surface area contributed by atoms with Crippen molar-refractivity contribution in [1.29, 1.82) is 0 Å². The summed E-state index contributed by atoms with van der Waals surface area (Å²) in [6, 6.07) is 22.1. The lowest BCUT2D eigenvalue weighted by atomic mass is 10.1. The van der Waals surface area contributed by atoms with E-state index in [0.717, 1.165) is 32.6 Å². The summed E-state index contributed by atoms with van der Waals surface area (Å²) in [4.78, 5) is 6.10. The maximum absolute atomic E-state index is 3.67. The molecular formula is C20H23N3. The molecule has 3 heteroatoms. The van der Waals surface area contributed by atoms with Crippen molar-refractivity contribution in [3.05, 3.63) is 71.9 Å². The minimum Gasteiger partial charge on any atom is -0.358 e. The SMILES string of the molecule is c1ccc(CN2CCNC(Cc3cc4ccccc4[nH]3)C2)cc1. The molecule has 4 rings (SSSR count). The molecule has 0 radical (unpaired) electrons. The largest absolute Gasteiger partial charge is 0.358 e. The van der Waals surface area contributed by atoms with Gasteiger partial charge in [0.15, 0.2) is 0 Å². The molecule has 2 aromatic carbocycles. The van der Waals surface area contributed by atoms with Gasteiger partial charge in [-0.05, 0) is 23.1 Å². The third kappa shape index (κ3) is 3.46. The molecule has 1 fully saturated rings. The number of H-pyrrole nitrogens is 1. The summed E-state index contributed by atoms with van der Waals surface area (Å²) in [5, 5.41) is 4.97. The lowest BCUT2D eigenvalue weighted by Gasteiger charge is -2.33. The van der Waals surface area contributed by atoms with Crippen LogP contribution in [0.1, 0.15) is 11.3 Å². The fourth-order valence-electron chi connectivity index (χ4n) is 3.53. The molecule has 0 saturated carbocycles. The second-order valence-electron chi connectivity index (χ2n) is 6.46. The van der Waals surface area contributed by atoms with Crippen LogP contribution in [0, 0.1) is 0 Å². The van der Waals surface area contributed by atoms with Gasteiger partial charge < -0.3 is 10.3 Å². The minimum atomic E-state index is 0.514. The summed E-state index contributed by atoms with van der Waals surface area (Å²) >= 11 is 0. The molecule has 1 atom stereocenters. The van der Waals surface area contributed by atoms with E-state index in [1.165, 1.54) is 22.2 Å². The monoisotopic (exact) mass is 305 g/mol. The van der Waals surface area contributed by atoms with Crippen LogP contribution in [0.5, 0.6) is 0 Å². The van der Waals surface area contributed by atoms with Crippen molar-refractivity contribution in [2.75, 3.05) is 19.6 Å². The number of aromatic nitrogens is 1. The molecular weight excluding hydrogens is 282 g/mol. The lowest BCUT2D eigenvalue weighted by Crippen LogP contribution is -2.51. The zero-order valence-electron chi connectivity index (χ0n) is 13.3. The van der Waals surface area contributed by atoms with Crippen LogP contribution in [-0.4, -0.2) is 35.6 Å². The maximum atomic E-state index is 3.67. The number of para-hydroxylation sites is 1. The maximum Gasteiger partial charge on any atom is 0.0456 e. The number of fused-ring (bicyclic) bond motifs is 1. The van der Waals surface area contributed by atoms with Gasteiger partial charge in [0.1, 0.15) is 0 Å². The summed E-state index contributed by atoms with van der Waals surface area (Å²) in [6.07, 6.45) is 1.06. The normalized spacial score (nSPS) is 19.2. The van der Waals surface area contributed by atoms with Gasteiger partial charge in [-0.3, -0.25) is 4.90 Å². The van der Waals surface area contributed by atoms with Crippen molar-refractivity contribution < 1.29 is 0 Å². The van der Waals surface area contributed by atoms with Gasteiger partial charge in [0.05, 0.1) is 0 Å². The lowest BCUT2D eigenvalue weighted by molar-refractivity contribution is 0.191. The molecule has 0 bridgehead atoms. The highest BCUT2D eigenvalue weighted by molar-refractivity contribution is 5.80. The van der Waals surface area contributed by atoms with Crippen LogP contribution in [0.15, 0.2) is 60.7 Å². The Morgan fingerprint density at radius 3 is 2.70 bits per heavy atom. The van der Waals surface area contributed by atoms with Crippen LogP contribution in [0.25, 0.3) is 10.9 Å². The first-order valence-corrected chi connectivity index (χ1v) is 8.43. The molecule has 0 aliphatic carbocycles. The van der Waals surface area contributed by atoms with E-state index < -0.39 is 0 Å². The number of nitrogens with zero attached hydrogens (tertiary/aromatic N) is 1. The van der Waals surface area contributed by atoms with Crippen LogP contribution in [0.4, 0.5) is 0 Å². The van der Waals surface area contributed by atoms with Crippen molar-refractivity contribution in [3.63, 3.8) is 0 Å². The van der Waals surface area contributed by atoms with Crippen LogP contribution in [0.3, 0.4) is 0 Å². The summed E-state index contributed by atoms with van der Waals surface area (Å²) < 4.78 is 0. The second kappa shape index (κ2) is 6.57. The Balaban J connectivity index is 1.41. The Labute approximate surface area is 137 Å². The third-order valence-corrected chi connectivity index (χ3v) is 4.64. The highest BCUT2D eigenvalue weighted by Gasteiger charge is 2.20. The molecule has 2 N–H and O–H groups in total. The molecule has 0 spiro atoms. The van der Waals surface area contributed by atoms with Crippen LogP contribution >= 0.6 is 0 Å². The van der Waals surface area contributed by atoms with Gasteiger partial charge in [-0.25, -0.2) is 0 Å². The topological polar surface area (TPSA) is 31.1 Å². The molecule has 2 heterocycles. The smallest absolute Gasteiger partial charge is 0.0456 e. The van der Waals surface area contributed by atoms with Crippen molar-refractivity contribution in [2.45, 2.75) is 19.0 Å². The van der Waals surface area contributed by atoms with Crippen LogP contribution in [0.2, 0.25) is 0 Å². The van der Waals surface area contributed by atoms with Crippen molar-refractivity contribution in [2.24, 2.45) is 0 Å². The molecule has 1 aromatic heterocycles. The van der Waals surface area contributed by atoms with Gasteiger partial charge in [0, 0.05) is 49.9 Å². The second-order valence-corrected chi connectivity index (χ2v) is 6.46. The third-order valence-electron chi connectivity index (χ3n) is 4.64. The molecule has 118 valence electrons. The van der Waals surface area contributed by atoms with Crippen LogP contribution < -0.4 is 5.32 Å². The average molecular weight is 305 g/mol. The van der Waals surface area contributed by atoms with Crippen molar-refractivity contribution in [3.8, 4) is 0 Å². The highest BCUT2D eigenvalue weighted by atomic mass is 15.2. The average Bonchev–Trinajstić information content (AvgIpc) is 2.98. The van der Waals surface area contributed by atoms with E-state index in [0.29, 0.717) is 6.04 Å². The quantitative estimate of drug-likeness (QED) is 0.775. The first kappa shape index (κ1) is 14.5. The van der Waals surface area contributed by atoms with E-state index in [2.05, 4.69) is 75.9 Å². The van der Waals surface area contributed by atoms with Crippen molar-refractivity contribution in [1.82, 2.24) is 15.2 Å². The molecule has 1 aliphatic rings. The van der Waals surface area contributed by atoms with Gasteiger partial charge >= 0.3 is 0 Å². The van der Waals surface area contributed by atoms with E-state index in [4.69, 9.17) is 0 Å². The number of hydrogen-bond acceptors (Lipinski definition) is 2. The summed E-state index contributed by atoms with van der Waals surface area (Å²) in [6.45, 7) is 4.34. The van der Waals surface area contributed by atoms with Crippen molar-refractivity contribution >= 4 is 10.9 Å². The van der Waals surface area contributed by atoms with E-state index >= 15 is 0 Å². The molecule has 3 nitrogen and oxygen atoms in total. The van der Waals surface area contributed by atoms with Gasteiger partial charge in [0.25, 0.3) is 0 Å². The van der Waals surface area contributed by atoms with Gasteiger partial charge in [-0.1, -0.05) is 48.5 Å². The van der Waals surface area contributed by atoms with Gasteiger partial charge in [-0.2, -0.15) is 0 Å². The van der Waals surface area contributed by atoms with E-state index in [1.807, 2.05) is 0 Å². The Kier molecular flexibility index (Phi) is 4.14. The molecule has 1 unspecified atom stereocenters. The Bertz CT molecular complexity index is 730. The fourth-order valence-corrected chi connectivity index (χ4v) is 3.53. The summed E-state index contributed by atoms with van der Waals surface area (Å²) in [7, 11) is 0. The zero-order valence-corrected chi connectivity index (χ0v) is 13.3. The molecule has 23 heavy (non-hydrogen) atoms. The molecule has 3 aromatic rings. The zero-order chi connectivity index (χ0) is 15.5. The van der Waals surface area contributed by atoms with E-state index in [-0.39, 0.29) is 0 Å². The molecule has 0 amide bonds. The Hall–Kier alpha value is -2.10. The van der Waals surface area contributed by atoms with E-state index in [1.54, 1.807) is 0 Å². The number of hydrogen-bond donors (Lipinski definition) is 2. The number of rotatable bonds is 4. The summed E-state index contributed by atoms with van der Waals surface area (Å²) in [5.41, 5.74) is 3.96. The molecule has 1 saturated heterocycles. The summed E-state index contributed by atoms with van der Waals surface area (Å²) in [5.74, 6) is 0. The number of benzene rings is 2. The number of nitrogens with one attached hydrogen (secondary N) is 2. The van der Waals surface area contributed by atoms with Gasteiger partial charge in [-0.15, -0.1) is 0 Å². The predicted molar refractivity (Wildman–Crippen MR) is 95.5 cm³/mol. The fraction of sp³-hybridized carbons (Fsp3) is 0.300. The predicted octanol–water partition coefficient (Wildman–Crippen LogP) is 3.18. The number of aromatic amines is 1. The first-order chi connectivity index (χ1) is 11.4. The van der Waals surface area contributed by atoms with E-state index in [9.17, 15) is 0 Å². The Morgan fingerprint density at radius 1 is 1.00 bits per heavy atom.